The standard InChI is InChI=1S/C15H11F3N4O3/c16-15(17,18)7-25-13-9(2-1-5-19-13)12(23)20-8-3-4-10-11(6-8)22-14(24)21-10/h1-6H,7H2,(H,20,23)(H2,21,22,24). The van der Waals surface area contributed by atoms with Gasteiger partial charge in [-0.2, -0.15) is 13.2 Å². The van der Waals surface area contributed by atoms with Crippen molar-refractivity contribution in [3.05, 3.63) is 52.6 Å². The number of hydrogen-bond acceptors (Lipinski definition) is 4. The lowest BCUT2D eigenvalue weighted by molar-refractivity contribution is -0.154. The molecular weight excluding hydrogens is 341 g/mol. The molecule has 1 aromatic carbocycles. The fourth-order valence-corrected chi connectivity index (χ4v) is 2.14. The van der Waals surface area contributed by atoms with Crippen molar-refractivity contribution < 1.29 is 22.7 Å². The molecule has 130 valence electrons. The number of halogens is 3. The molecular formula is C15H11F3N4O3. The van der Waals surface area contributed by atoms with Crippen LogP contribution in [0.4, 0.5) is 18.9 Å². The topological polar surface area (TPSA) is 99.9 Å². The number of aromatic amines is 2. The number of fused-ring (bicyclic) bond motifs is 1. The van der Waals surface area contributed by atoms with Gasteiger partial charge in [-0.1, -0.05) is 0 Å². The SMILES string of the molecule is O=C(Nc1ccc2[nH]c(=O)[nH]c2c1)c1cccnc1OCC(F)(F)F. The minimum absolute atomic E-state index is 0.144. The average Bonchev–Trinajstić information content (AvgIpc) is 2.92. The number of hydrogen-bond donors (Lipinski definition) is 3. The number of carbonyl (C=O) groups is 1. The number of rotatable bonds is 4. The zero-order valence-corrected chi connectivity index (χ0v) is 12.5. The molecule has 0 saturated carbocycles. The summed E-state index contributed by atoms with van der Waals surface area (Å²) in [7, 11) is 0. The average molecular weight is 352 g/mol. The second-order valence-corrected chi connectivity index (χ2v) is 5.05. The molecule has 0 radical (unpaired) electrons. The van der Waals surface area contributed by atoms with Crippen molar-refractivity contribution >= 4 is 22.6 Å². The number of nitrogens with zero attached hydrogens (tertiary/aromatic N) is 1. The van der Waals surface area contributed by atoms with Crippen LogP contribution in [-0.2, 0) is 0 Å². The molecule has 10 heteroatoms. The van der Waals surface area contributed by atoms with Crippen molar-refractivity contribution in [2.24, 2.45) is 0 Å². The Morgan fingerprint density at radius 2 is 1.96 bits per heavy atom. The van der Waals surface area contributed by atoms with E-state index in [-0.39, 0.29) is 5.56 Å². The van der Waals surface area contributed by atoms with E-state index in [2.05, 4.69) is 25.0 Å². The summed E-state index contributed by atoms with van der Waals surface area (Å²) in [5.74, 6) is -1.11. The lowest BCUT2D eigenvalue weighted by Crippen LogP contribution is -2.22. The van der Waals surface area contributed by atoms with E-state index in [0.29, 0.717) is 16.7 Å². The van der Waals surface area contributed by atoms with Crippen LogP contribution in [0.1, 0.15) is 10.4 Å². The van der Waals surface area contributed by atoms with Crippen LogP contribution in [0.2, 0.25) is 0 Å². The number of H-pyrrole nitrogens is 2. The van der Waals surface area contributed by atoms with Crippen LogP contribution in [0.15, 0.2) is 41.3 Å². The molecule has 25 heavy (non-hydrogen) atoms. The van der Waals surface area contributed by atoms with Gasteiger partial charge in [0.2, 0.25) is 5.88 Å². The normalized spacial score (nSPS) is 11.5. The fraction of sp³-hybridized carbons (Fsp3) is 0.133. The Kier molecular flexibility index (Phi) is 4.17. The Balaban J connectivity index is 1.81. The second kappa shape index (κ2) is 6.30. The van der Waals surface area contributed by atoms with Gasteiger partial charge in [0.1, 0.15) is 5.56 Å². The molecule has 0 fully saturated rings. The highest BCUT2D eigenvalue weighted by Crippen LogP contribution is 2.22. The van der Waals surface area contributed by atoms with Crippen LogP contribution >= 0.6 is 0 Å². The molecule has 0 aliphatic rings. The quantitative estimate of drug-likeness (QED) is 0.671. The van der Waals surface area contributed by atoms with Gasteiger partial charge in [0, 0.05) is 11.9 Å². The molecule has 2 heterocycles. The van der Waals surface area contributed by atoms with E-state index >= 15 is 0 Å². The van der Waals surface area contributed by atoms with Crippen LogP contribution in [0.25, 0.3) is 11.0 Å². The van der Waals surface area contributed by atoms with Crippen molar-refractivity contribution in [3.8, 4) is 5.88 Å². The zero-order valence-electron chi connectivity index (χ0n) is 12.5. The number of ether oxygens (including phenoxy) is 1. The molecule has 0 bridgehead atoms. The third-order valence-corrected chi connectivity index (χ3v) is 3.16. The summed E-state index contributed by atoms with van der Waals surface area (Å²) in [5, 5.41) is 2.52. The van der Waals surface area contributed by atoms with Crippen LogP contribution in [0.5, 0.6) is 5.88 Å². The monoisotopic (exact) mass is 352 g/mol. The van der Waals surface area contributed by atoms with Gasteiger partial charge in [0.15, 0.2) is 6.61 Å². The summed E-state index contributed by atoms with van der Waals surface area (Å²) in [6.45, 7) is -1.55. The van der Waals surface area contributed by atoms with Gasteiger partial charge in [-0.25, -0.2) is 9.78 Å². The summed E-state index contributed by atoms with van der Waals surface area (Å²) in [6, 6.07) is 7.33. The van der Waals surface area contributed by atoms with Crippen molar-refractivity contribution in [2.45, 2.75) is 6.18 Å². The molecule has 7 nitrogen and oxygen atoms in total. The third-order valence-electron chi connectivity index (χ3n) is 3.16. The lowest BCUT2D eigenvalue weighted by atomic mass is 10.2. The van der Waals surface area contributed by atoms with E-state index in [1.807, 2.05) is 0 Å². The summed E-state index contributed by atoms with van der Waals surface area (Å²) in [4.78, 5) is 32.3. The maximum atomic E-state index is 12.3. The Morgan fingerprint density at radius 3 is 2.72 bits per heavy atom. The molecule has 0 aliphatic heterocycles. The molecule has 0 unspecified atom stereocenters. The molecule has 0 atom stereocenters. The molecule has 3 N–H and O–H groups in total. The molecule has 0 saturated heterocycles. The van der Waals surface area contributed by atoms with E-state index in [0.717, 1.165) is 0 Å². The first-order valence-corrected chi connectivity index (χ1v) is 7.00. The van der Waals surface area contributed by atoms with E-state index in [4.69, 9.17) is 0 Å². The Morgan fingerprint density at radius 1 is 1.20 bits per heavy atom. The Bertz CT molecular complexity index is 978. The minimum Gasteiger partial charge on any atom is -0.467 e. The molecule has 3 aromatic rings. The number of aromatic nitrogens is 3. The number of pyridine rings is 1. The molecule has 1 amide bonds. The first-order chi connectivity index (χ1) is 11.8. The number of anilines is 1. The Hall–Kier alpha value is -3.30. The van der Waals surface area contributed by atoms with Gasteiger partial charge in [-0.05, 0) is 30.3 Å². The molecule has 3 rings (SSSR count). The highest BCUT2D eigenvalue weighted by atomic mass is 19.4. The van der Waals surface area contributed by atoms with E-state index in [1.165, 1.54) is 30.5 Å². The van der Waals surface area contributed by atoms with Gasteiger partial charge < -0.3 is 20.0 Å². The third kappa shape index (κ3) is 3.97. The van der Waals surface area contributed by atoms with Crippen molar-refractivity contribution in [1.82, 2.24) is 15.0 Å². The minimum atomic E-state index is -4.55. The van der Waals surface area contributed by atoms with Crippen molar-refractivity contribution in [1.29, 1.82) is 0 Å². The van der Waals surface area contributed by atoms with Crippen LogP contribution < -0.4 is 15.7 Å². The van der Waals surface area contributed by atoms with Gasteiger partial charge in [-0.3, -0.25) is 4.79 Å². The number of carbonyl (C=O) groups excluding carboxylic acids is 1. The van der Waals surface area contributed by atoms with Gasteiger partial charge in [0.25, 0.3) is 5.91 Å². The predicted octanol–water partition coefficient (Wildman–Crippen LogP) is 2.44. The van der Waals surface area contributed by atoms with Gasteiger partial charge in [-0.15, -0.1) is 0 Å². The summed E-state index contributed by atoms with van der Waals surface area (Å²) in [6.07, 6.45) is -3.32. The lowest BCUT2D eigenvalue weighted by Gasteiger charge is -2.12. The smallest absolute Gasteiger partial charge is 0.422 e. The zero-order chi connectivity index (χ0) is 18.0. The maximum absolute atomic E-state index is 12.3. The summed E-state index contributed by atoms with van der Waals surface area (Å²) < 4.78 is 41.4. The summed E-state index contributed by atoms with van der Waals surface area (Å²) >= 11 is 0. The van der Waals surface area contributed by atoms with Crippen molar-refractivity contribution in [3.63, 3.8) is 0 Å². The van der Waals surface area contributed by atoms with E-state index in [9.17, 15) is 22.8 Å². The first kappa shape index (κ1) is 16.6. The fourth-order valence-electron chi connectivity index (χ4n) is 2.14. The second-order valence-electron chi connectivity index (χ2n) is 5.05. The van der Waals surface area contributed by atoms with E-state index in [1.54, 1.807) is 6.07 Å². The number of benzene rings is 1. The maximum Gasteiger partial charge on any atom is 0.422 e. The first-order valence-electron chi connectivity index (χ1n) is 7.00. The largest absolute Gasteiger partial charge is 0.467 e. The van der Waals surface area contributed by atoms with Crippen LogP contribution in [0.3, 0.4) is 0 Å². The molecule has 2 aromatic heterocycles. The highest BCUT2D eigenvalue weighted by molar-refractivity contribution is 6.06. The highest BCUT2D eigenvalue weighted by Gasteiger charge is 2.29. The number of nitrogens with one attached hydrogen (secondary N) is 3. The van der Waals surface area contributed by atoms with Crippen LogP contribution in [-0.4, -0.2) is 33.6 Å². The van der Waals surface area contributed by atoms with E-state index < -0.39 is 30.3 Å². The number of amides is 1. The number of alkyl halides is 3. The van der Waals surface area contributed by atoms with Gasteiger partial charge >= 0.3 is 11.9 Å². The Labute approximate surface area is 137 Å². The van der Waals surface area contributed by atoms with Gasteiger partial charge in [0.05, 0.1) is 11.0 Å². The van der Waals surface area contributed by atoms with Crippen molar-refractivity contribution in [2.75, 3.05) is 11.9 Å². The molecule has 0 spiro atoms. The molecule has 0 aliphatic carbocycles. The predicted molar refractivity (Wildman–Crippen MR) is 82.7 cm³/mol. The number of imidazole rings is 1. The van der Waals surface area contributed by atoms with Crippen LogP contribution in [0, 0.1) is 0 Å². The summed E-state index contributed by atoms with van der Waals surface area (Å²) in [5.41, 5.74) is 0.836.